The molecule has 7 nitrogen and oxygen atoms in total. The Labute approximate surface area is 176 Å². The number of hydrogen-bond donors (Lipinski definition) is 1. The second-order valence-corrected chi connectivity index (χ2v) is 9.26. The van der Waals surface area contributed by atoms with Crippen LogP contribution in [0.5, 0.6) is 5.75 Å². The van der Waals surface area contributed by atoms with E-state index in [1.807, 2.05) is 0 Å². The minimum Gasteiger partial charge on any atom is -0.492 e. The molecule has 1 fully saturated rings. The number of nitrogens with two attached hydrogens (primary N) is 1. The van der Waals surface area contributed by atoms with Crippen LogP contribution in [0.4, 0.5) is 10.1 Å². The summed E-state index contributed by atoms with van der Waals surface area (Å²) in [5.41, 5.74) is 4.03. The van der Waals surface area contributed by atoms with Crippen molar-refractivity contribution in [3.63, 3.8) is 0 Å². The van der Waals surface area contributed by atoms with Crippen molar-refractivity contribution in [1.29, 1.82) is 0 Å². The fourth-order valence-electron chi connectivity index (χ4n) is 2.83. The van der Waals surface area contributed by atoms with Gasteiger partial charge in [-0.25, -0.2) is 17.7 Å². The van der Waals surface area contributed by atoms with E-state index >= 15 is 0 Å². The van der Waals surface area contributed by atoms with Gasteiger partial charge in [0, 0.05) is 24.2 Å². The van der Waals surface area contributed by atoms with Crippen LogP contribution in [0.3, 0.4) is 0 Å². The lowest BCUT2D eigenvalue weighted by molar-refractivity contribution is -0.136. The number of sulfonamides is 1. The monoisotopic (exact) mass is 457 g/mol. The van der Waals surface area contributed by atoms with E-state index in [0.29, 0.717) is 0 Å². The molecule has 2 aromatic rings. The zero-order valence-electron chi connectivity index (χ0n) is 14.7. The van der Waals surface area contributed by atoms with Gasteiger partial charge in [-0.1, -0.05) is 23.2 Å². The number of nitrogens with zero attached hydrogens (tertiary/aromatic N) is 2. The molecule has 29 heavy (non-hydrogen) atoms. The van der Waals surface area contributed by atoms with E-state index in [-0.39, 0.29) is 46.1 Å². The Morgan fingerprint density at radius 1 is 1.28 bits per heavy atom. The van der Waals surface area contributed by atoms with Crippen molar-refractivity contribution in [2.24, 2.45) is 11.1 Å². The summed E-state index contributed by atoms with van der Waals surface area (Å²) in [4.78, 5) is 14.8. The van der Waals surface area contributed by atoms with Crippen molar-refractivity contribution < 1.29 is 22.3 Å². The standard InChI is InChI=1S/C18H14Cl2FN3O4S/c1-23-15-4-3-12(7-14(15)21)28-10-18(17(22)25)8-24(9-18)29(26,27)16-5-2-11(19)6-13(16)20/h2-7H,8-10H2,(H2,22,25). The number of ether oxygens (including phenoxy) is 1. The topological polar surface area (TPSA) is 94.1 Å². The average molecular weight is 458 g/mol. The smallest absolute Gasteiger partial charge is 0.244 e. The van der Waals surface area contributed by atoms with E-state index in [2.05, 4.69) is 4.85 Å². The van der Waals surface area contributed by atoms with Crippen LogP contribution in [0, 0.1) is 17.8 Å². The Hall–Kier alpha value is -2.38. The minimum absolute atomic E-state index is 0.0410. The summed E-state index contributed by atoms with van der Waals surface area (Å²) in [6, 6.07) is 7.62. The van der Waals surface area contributed by atoms with Gasteiger partial charge < -0.3 is 10.5 Å². The van der Waals surface area contributed by atoms with Gasteiger partial charge in [0.2, 0.25) is 21.6 Å². The van der Waals surface area contributed by atoms with Crippen molar-refractivity contribution in [3.8, 4) is 5.75 Å². The van der Waals surface area contributed by atoms with Crippen LogP contribution < -0.4 is 10.5 Å². The van der Waals surface area contributed by atoms with Crippen LogP contribution >= 0.6 is 23.2 Å². The summed E-state index contributed by atoms with van der Waals surface area (Å²) in [7, 11) is -3.97. The number of amides is 1. The summed E-state index contributed by atoms with van der Waals surface area (Å²) >= 11 is 11.8. The Bertz CT molecular complexity index is 1130. The fourth-order valence-corrected chi connectivity index (χ4v) is 5.19. The van der Waals surface area contributed by atoms with Gasteiger partial charge in [0.05, 0.1) is 11.6 Å². The molecule has 0 atom stereocenters. The number of primary amides is 1. The first-order valence-electron chi connectivity index (χ1n) is 8.14. The largest absolute Gasteiger partial charge is 0.492 e. The number of carbonyl (C=O) groups excluding carboxylic acids is 1. The Morgan fingerprint density at radius 3 is 2.52 bits per heavy atom. The maximum atomic E-state index is 13.7. The molecule has 152 valence electrons. The highest BCUT2D eigenvalue weighted by Crippen LogP contribution is 2.38. The van der Waals surface area contributed by atoms with Gasteiger partial charge in [0.1, 0.15) is 28.5 Å². The van der Waals surface area contributed by atoms with E-state index < -0.39 is 27.2 Å². The maximum absolute atomic E-state index is 13.7. The van der Waals surface area contributed by atoms with Gasteiger partial charge in [-0.05, 0) is 30.3 Å². The van der Waals surface area contributed by atoms with Gasteiger partial charge in [0.15, 0.2) is 0 Å². The predicted molar refractivity (Wildman–Crippen MR) is 105 cm³/mol. The SMILES string of the molecule is [C-]#[N+]c1ccc(OCC2(C(N)=O)CN(S(=O)(=O)c3ccc(Cl)cc3Cl)C2)cc1F. The predicted octanol–water partition coefficient (Wildman–Crippen LogP) is 3.24. The van der Waals surface area contributed by atoms with Crippen molar-refractivity contribution in [2.45, 2.75) is 4.90 Å². The van der Waals surface area contributed by atoms with E-state index in [1.54, 1.807) is 0 Å². The minimum atomic E-state index is -3.97. The number of halogens is 3. The van der Waals surface area contributed by atoms with Gasteiger partial charge in [-0.2, -0.15) is 4.31 Å². The third-order valence-corrected chi connectivity index (χ3v) is 7.06. The first kappa shape index (κ1) is 21.3. The highest BCUT2D eigenvalue weighted by molar-refractivity contribution is 7.89. The lowest BCUT2D eigenvalue weighted by Crippen LogP contribution is -2.66. The highest BCUT2D eigenvalue weighted by atomic mass is 35.5. The molecule has 0 unspecified atom stereocenters. The van der Waals surface area contributed by atoms with Gasteiger partial charge in [-0.15, -0.1) is 0 Å². The summed E-state index contributed by atoms with van der Waals surface area (Å²) < 4.78 is 45.8. The van der Waals surface area contributed by atoms with Gasteiger partial charge in [0.25, 0.3) is 0 Å². The molecule has 0 aromatic heterocycles. The number of benzene rings is 2. The average Bonchev–Trinajstić information content (AvgIpc) is 2.60. The van der Waals surface area contributed by atoms with E-state index in [9.17, 15) is 17.6 Å². The summed E-state index contributed by atoms with van der Waals surface area (Å²) in [6.07, 6.45) is 0. The van der Waals surface area contributed by atoms with Crippen molar-refractivity contribution in [1.82, 2.24) is 4.31 Å². The molecule has 0 saturated carbocycles. The van der Waals surface area contributed by atoms with E-state index in [4.69, 9.17) is 40.2 Å². The van der Waals surface area contributed by atoms with Gasteiger partial charge in [-0.3, -0.25) is 4.79 Å². The van der Waals surface area contributed by atoms with Crippen LogP contribution in [0.1, 0.15) is 0 Å². The van der Waals surface area contributed by atoms with Crippen LogP contribution in [0.25, 0.3) is 4.85 Å². The molecule has 0 spiro atoms. The molecule has 2 aromatic carbocycles. The molecule has 1 saturated heterocycles. The first-order valence-corrected chi connectivity index (χ1v) is 10.3. The molecule has 1 amide bonds. The fraction of sp³-hybridized carbons (Fsp3) is 0.222. The lowest BCUT2D eigenvalue weighted by Gasteiger charge is -2.46. The van der Waals surface area contributed by atoms with Crippen LogP contribution in [-0.2, 0) is 14.8 Å². The van der Waals surface area contributed by atoms with Crippen molar-refractivity contribution in [2.75, 3.05) is 19.7 Å². The molecule has 2 N–H and O–H groups in total. The highest BCUT2D eigenvalue weighted by Gasteiger charge is 2.53. The first-order chi connectivity index (χ1) is 13.6. The van der Waals surface area contributed by atoms with Gasteiger partial charge >= 0.3 is 0 Å². The lowest BCUT2D eigenvalue weighted by atomic mass is 9.82. The molecule has 3 rings (SSSR count). The molecule has 1 aliphatic rings. The third kappa shape index (κ3) is 4.02. The van der Waals surface area contributed by atoms with Crippen LogP contribution in [-0.4, -0.2) is 38.3 Å². The van der Waals surface area contributed by atoms with E-state index in [0.717, 1.165) is 10.4 Å². The zero-order valence-corrected chi connectivity index (χ0v) is 17.1. The Balaban J connectivity index is 1.75. The number of carbonyl (C=O) groups is 1. The van der Waals surface area contributed by atoms with Crippen molar-refractivity contribution in [3.05, 3.63) is 63.7 Å². The molecule has 1 aliphatic heterocycles. The summed E-state index contributed by atoms with van der Waals surface area (Å²) in [5, 5.41) is 0.245. The molecular formula is C18H14Cl2FN3O4S. The van der Waals surface area contributed by atoms with Crippen LogP contribution in [0.15, 0.2) is 41.3 Å². The number of rotatable bonds is 6. The third-order valence-electron chi connectivity index (χ3n) is 4.55. The quantitative estimate of drug-likeness (QED) is 0.673. The molecule has 11 heteroatoms. The van der Waals surface area contributed by atoms with Crippen LogP contribution in [0.2, 0.25) is 10.0 Å². The second kappa shape index (κ2) is 7.80. The Kier molecular flexibility index (Phi) is 5.74. The number of hydrogen-bond acceptors (Lipinski definition) is 4. The normalized spacial score (nSPS) is 15.9. The molecule has 0 bridgehead atoms. The van der Waals surface area contributed by atoms with E-state index in [1.165, 1.54) is 30.3 Å². The zero-order chi connectivity index (χ0) is 21.4. The molecule has 0 radical (unpaired) electrons. The molecule has 1 heterocycles. The summed E-state index contributed by atoms with van der Waals surface area (Å²) in [5.74, 6) is -1.41. The maximum Gasteiger partial charge on any atom is 0.244 e. The van der Waals surface area contributed by atoms with Crippen molar-refractivity contribution >= 4 is 44.8 Å². The summed E-state index contributed by atoms with van der Waals surface area (Å²) in [6.45, 7) is 6.15. The Morgan fingerprint density at radius 2 is 1.97 bits per heavy atom. The second-order valence-electron chi connectivity index (χ2n) is 6.51. The molecular weight excluding hydrogens is 444 g/mol. The molecule has 0 aliphatic carbocycles.